The minimum atomic E-state index is -4.61. The predicted octanol–water partition coefficient (Wildman–Crippen LogP) is 17.1. The lowest BCUT2D eigenvalue weighted by Crippen LogP contribution is -2.45. The quantitative estimate of drug-likeness (QED) is 0.0272. The molecule has 0 rings (SSSR count). The van der Waals surface area contributed by atoms with Crippen LogP contribution >= 0.6 is 7.82 Å². The third kappa shape index (κ3) is 52.5. The molecule has 0 fully saturated rings. The summed E-state index contributed by atoms with van der Waals surface area (Å²) in [5.41, 5.74) is 0. The smallest absolute Gasteiger partial charge is 0.268 e. The fraction of sp³-hybridized carbons (Fsp3) is 0.881. The molecule has 0 aromatic heterocycles. The Balaban J connectivity index is 4.22. The zero-order valence-corrected chi connectivity index (χ0v) is 46.7. The molecular weight excluding hydrogens is 864 g/mol. The van der Waals surface area contributed by atoms with Gasteiger partial charge < -0.3 is 28.8 Å². The largest absolute Gasteiger partial charge is 0.756 e. The van der Waals surface area contributed by atoms with Gasteiger partial charge in [0, 0.05) is 6.42 Å². The molecule has 0 aliphatic carbocycles. The number of rotatable bonds is 54. The van der Waals surface area contributed by atoms with Gasteiger partial charge in [-0.25, -0.2) is 0 Å². The Labute approximate surface area is 423 Å². The number of quaternary nitrogens is 1. The van der Waals surface area contributed by atoms with Gasteiger partial charge in [0.25, 0.3) is 7.82 Å². The first kappa shape index (κ1) is 66.7. The Morgan fingerprint density at radius 2 is 0.824 bits per heavy atom. The Morgan fingerprint density at radius 1 is 0.500 bits per heavy atom. The maximum atomic E-state index is 12.9. The number of hydrogen-bond donors (Lipinski definition) is 2. The zero-order chi connectivity index (χ0) is 49.9. The van der Waals surface area contributed by atoms with E-state index in [1.807, 2.05) is 27.2 Å². The molecule has 0 saturated carbocycles. The Kier molecular flexibility index (Phi) is 49.7. The second-order valence-electron chi connectivity index (χ2n) is 21.3. The molecule has 0 saturated heterocycles. The zero-order valence-electron chi connectivity index (χ0n) is 45.8. The first-order valence-corrected chi connectivity index (χ1v) is 30.8. The van der Waals surface area contributed by atoms with E-state index >= 15 is 0 Å². The fourth-order valence-corrected chi connectivity index (χ4v) is 9.44. The maximum absolute atomic E-state index is 12.9. The van der Waals surface area contributed by atoms with Crippen LogP contribution in [0.25, 0.3) is 0 Å². The van der Waals surface area contributed by atoms with E-state index in [2.05, 4.69) is 43.5 Å². The predicted molar refractivity (Wildman–Crippen MR) is 293 cm³/mol. The van der Waals surface area contributed by atoms with Crippen LogP contribution in [-0.4, -0.2) is 68.5 Å². The number of unbranched alkanes of at least 4 members (excludes halogenated alkanes) is 37. The second-order valence-corrected chi connectivity index (χ2v) is 22.8. The van der Waals surface area contributed by atoms with Crippen LogP contribution in [0.2, 0.25) is 0 Å². The van der Waals surface area contributed by atoms with Crippen molar-refractivity contribution in [1.29, 1.82) is 0 Å². The van der Waals surface area contributed by atoms with Crippen molar-refractivity contribution >= 4 is 13.7 Å². The van der Waals surface area contributed by atoms with Crippen molar-refractivity contribution in [2.75, 3.05) is 40.9 Å². The van der Waals surface area contributed by atoms with Crippen LogP contribution in [0.5, 0.6) is 0 Å². The molecule has 0 spiro atoms. The number of carbonyl (C=O) groups is 1. The van der Waals surface area contributed by atoms with Gasteiger partial charge in [-0.15, -0.1) is 0 Å². The van der Waals surface area contributed by atoms with Crippen LogP contribution in [0, 0.1) is 0 Å². The summed E-state index contributed by atoms with van der Waals surface area (Å²) in [6.45, 7) is 4.66. The van der Waals surface area contributed by atoms with E-state index in [9.17, 15) is 19.4 Å². The molecule has 0 aromatic carbocycles. The van der Waals surface area contributed by atoms with Gasteiger partial charge in [-0.2, -0.15) is 0 Å². The summed E-state index contributed by atoms with van der Waals surface area (Å²) in [4.78, 5) is 25.5. The average molecular weight is 980 g/mol. The number of phosphoric ester groups is 1. The van der Waals surface area contributed by atoms with Gasteiger partial charge in [0.05, 0.1) is 39.9 Å². The Hall–Kier alpha value is -1.28. The second kappa shape index (κ2) is 50.7. The van der Waals surface area contributed by atoms with Crippen molar-refractivity contribution < 1.29 is 32.9 Å². The summed E-state index contributed by atoms with van der Waals surface area (Å²) in [6.07, 6.45) is 65.2. The maximum Gasteiger partial charge on any atom is 0.268 e. The highest BCUT2D eigenvalue weighted by Gasteiger charge is 2.23. The molecule has 3 atom stereocenters. The minimum absolute atomic E-state index is 0.00742. The number of phosphoric acid groups is 1. The normalized spacial score (nSPS) is 14.2. The number of amides is 1. The van der Waals surface area contributed by atoms with Crippen LogP contribution in [0.15, 0.2) is 36.5 Å². The summed E-state index contributed by atoms with van der Waals surface area (Å²) in [5.74, 6) is -0.207. The molecule has 68 heavy (non-hydrogen) atoms. The third-order valence-corrected chi connectivity index (χ3v) is 14.3. The number of aliphatic hydroxyl groups is 1. The van der Waals surface area contributed by atoms with Crippen molar-refractivity contribution in [3.63, 3.8) is 0 Å². The van der Waals surface area contributed by atoms with Crippen LogP contribution in [0.4, 0.5) is 0 Å². The van der Waals surface area contributed by atoms with E-state index in [-0.39, 0.29) is 12.5 Å². The highest BCUT2D eigenvalue weighted by molar-refractivity contribution is 7.45. The molecule has 0 bridgehead atoms. The number of hydrogen-bond acceptors (Lipinski definition) is 6. The van der Waals surface area contributed by atoms with Gasteiger partial charge in [-0.1, -0.05) is 269 Å². The lowest BCUT2D eigenvalue weighted by Gasteiger charge is -2.29. The first-order valence-electron chi connectivity index (χ1n) is 29.4. The Bertz CT molecular complexity index is 1200. The molecule has 0 aliphatic heterocycles. The van der Waals surface area contributed by atoms with Crippen LogP contribution in [0.1, 0.15) is 284 Å². The number of nitrogens with one attached hydrogen (secondary N) is 1. The van der Waals surface area contributed by atoms with Gasteiger partial charge in [0.2, 0.25) is 5.91 Å². The number of likely N-dealkylation sites (N-methyl/N-ethyl adjacent to an activating group) is 1. The van der Waals surface area contributed by atoms with Crippen molar-refractivity contribution in [3.05, 3.63) is 36.5 Å². The molecule has 0 heterocycles. The summed E-state index contributed by atoms with van der Waals surface area (Å²) < 4.78 is 23.3. The molecular formula is C59H115N2O6P. The van der Waals surface area contributed by atoms with E-state index in [1.54, 1.807) is 6.08 Å². The summed E-state index contributed by atoms with van der Waals surface area (Å²) in [5, 5.41) is 13.9. The third-order valence-electron chi connectivity index (χ3n) is 13.3. The van der Waals surface area contributed by atoms with Gasteiger partial charge >= 0.3 is 0 Å². The van der Waals surface area contributed by atoms with Gasteiger partial charge in [0.15, 0.2) is 0 Å². The van der Waals surface area contributed by atoms with E-state index in [0.717, 1.165) is 44.9 Å². The molecule has 9 heteroatoms. The molecule has 0 radical (unpaired) electrons. The van der Waals surface area contributed by atoms with E-state index in [4.69, 9.17) is 9.05 Å². The lowest BCUT2D eigenvalue weighted by molar-refractivity contribution is -0.870. The van der Waals surface area contributed by atoms with Gasteiger partial charge in [0.1, 0.15) is 13.2 Å². The van der Waals surface area contributed by atoms with Crippen LogP contribution < -0.4 is 10.2 Å². The lowest BCUT2D eigenvalue weighted by atomic mass is 10.0. The molecule has 8 nitrogen and oxygen atoms in total. The standard InChI is InChI=1S/C59H115N2O6P/c1-6-8-10-12-14-16-18-20-22-24-25-26-27-28-29-30-31-32-33-34-35-37-38-40-42-44-46-48-50-52-58(62)57(56-67-68(64,65)66-55-54-61(3,4)5)60-59(63)53-51-49-47-45-43-41-39-36-23-21-19-17-15-13-11-9-7-2/h35,37,42,44,50,52,57-58,62H,6-34,36,38-41,43,45-49,51,53-56H2,1-5H3,(H-,60,63,64,65)/b37-35+,44-42+,52-50+. The van der Waals surface area contributed by atoms with Crippen LogP contribution in [-0.2, 0) is 18.4 Å². The minimum Gasteiger partial charge on any atom is -0.756 e. The van der Waals surface area contributed by atoms with Gasteiger partial charge in [-0.05, 0) is 44.9 Å². The van der Waals surface area contributed by atoms with E-state index < -0.39 is 26.6 Å². The molecule has 0 aromatic rings. The summed E-state index contributed by atoms with van der Waals surface area (Å²) in [7, 11) is 1.24. The van der Waals surface area contributed by atoms with Crippen LogP contribution in [0.3, 0.4) is 0 Å². The summed E-state index contributed by atoms with van der Waals surface area (Å²) in [6, 6.07) is -0.907. The monoisotopic (exact) mass is 979 g/mol. The SMILES string of the molecule is CCCCCCCCCCCCCCCCCCCCC/C=C/CC/C=C/CC/C=C/C(O)C(COP(=O)([O-])OCC[N+](C)(C)C)NC(=O)CCCCCCCCCCCCCCCCCCC. The van der Waals surface area contributed by atoms with E-state index in [1.165, 1.54) is 218 Å². The molecule has 0 aliphatic rings. The number of aliphatic hydroxyl groups excluding tert-OH is 1. The highest BCUT2D eigenvalue weighted by Crippen LogP contribution is 2.38. The van der Waals surface area contributed by atoms with Crippen molar-refractivity contribution in [2.24, 2.45) is 0 Å². The summed E-state index contributed by atoms with van der Waals surface area (Å²) >= 11 is 0. The molecule has 3 unspecified atom stereocenters. The van der Waals surface area contributed by atoms with Gasteiger partial charge in [-0.3, -0.25) is 9.36 Å². The Morgan fingerprint density at radius 3 is 1.19 bits per heavy atom. The van der Waals surface area contributed by atoms with Crippen molar-refractivity contribution in [2.45, 2.75) is 296 Å². The molecule has 402 valence electrons. The first-order chi connectivity index (χ1) is 33.0. The van der Waals surface area contributed by atoms with E-state index in [0.29, 0.717) is 17.4 Å². The average Bonchev–Trinajstić information content (AvgIpc) is 3.30. The van der Waals surface area contributed by atoms with Crippen molar-refractivity contribution in [3.8, 4) is 0 Å². The van der Waals surface area contributed by atoms with Crippen molar-refractivity contribution in [1.82, 2.24) is 5.32 Å². The highest BCUT2D eigenvalue weighted by atomic mass is 31.2. The molecule has 2 N–H and O–H groups in total. The number of carbonyl (C=O) groups excluding carboxylic acids is 1. The number of allylic oxidation sites excluding steroid dienone is 5. The molecule has 1 amide bonds. The fourth-order valence-electron chi connectivity index (χ4n) is 8.72. The topological polar surface area (TPSA) is 108 Å². The number of nitrogens with zero attached hydrogens (tertiary/aromatic N) is 1.